The molecule has 0 saturated carbocycles. The molecular weight excluding hydrogens is 524 g/mol. The minimum atomic E-state index is -3.88. The fourth-order valence-corrected chi connectivity index (χ4v) is 7.18. The molecule has 200 valence electrons. The number of hydrogen-bond donors (Lipinski definition) is 0. The Balaban J connectivity index is 1.30. The van der Waals surface area contributed by atoms with Gasteiger partial charge in [0, 0.05) is 37.4 Å². The molecule has 0 bridgehead atoms. The van der Waals surface area contributed by atoms with E-state index in [1.807, 2.05) is 48.5 Å². The number of pyridine rings is 1. The average Bonchev–Trinajstić information content (AvgIpc) is 2.97. The summed E-state index contributed by atoms with van der Waals surface area (Å²) in [6.45, 7) is 2.33. The van der Waals surface area contributed by atoms with Gasteiger partial charge in [0.15, 0.2) is 0 Å². The third-order valence-electron chi connectivity index (χ3n) is 7.17. The SMILES string of the molecule is O=C(OC[C@H]1CCC[C@@H](c2ccccc2)N1S(=O)(=O)c1ccc(Cl)cc1)N1CCN(c2ccccn2)CC1. The lowest BCUT2D eigenvalue weighted by molar-refractivity contribution is 0.0608. The second-order valence-electron chi connectivity index (χ2n) is 9.54. The first kappa shape index (κ1) is 26.5. The van der Waals surface area contributed by atoms with Crippen LogP contribution < -0.4 is 4.90 Å². The van der Waals surface area contributed by atoms with Crippen molar-refractivity contribution in [2.24, 2.45) is 0 Å². The van der Waals surface area contributed by atoms with Crippen LogP contribution in [-0.4, -0.2) is 67.5 Å². The number of ether oxygens (including phenoxy) is 1. The van der Waals surface area contributed by atoms with Gasteiger partial charge in [-0.05, 0) is 61.2 Å². The monoisotopic (exact) mass is 554 g/mol. The van der Waals surface area contributed by atoms with E-state index in [-0.39, 0.29) is 17.5 Å². The lowest BCUT2D eigenvalue weighted by atomic mass is 9.93. The van der Waals surface area contributed by atoms with Gasteiger partial charge in [-0.1, -0.05) is 48.0 Å². The largest absolute Gasteiger partial charge is 0.448 e. The number of rotatable bonds is 6. The van der Waals surface area contributed by atoms with Crippen molar-refractivity contribution in [3.05, 3.63) is 89.6 Å². The molecule has 3 aromatic rings. The Morgan fingerprint density at radius 2 is 1.63 bits per heavy atom. The van der Waals surface area contributed by atoms with E-state index in [2.05, 4.69) is 9.88 Å². The number of aromatic nitrogens is 1. The molecule has 0 radical (unpaired) electrons. The fourth-order valence-electron chi connectivity index (χ4n) is 5.21. The topological polar surface area (TPSA) is 83.0 Å². The van der Waals surface area contributed by atoms with Crippen molar-refractivity contribution in [1.82, 2.24) is 14.2 Å². The zero-order chi connectivity index (χ0) is 26.5. The van der Waals surface area contributed by atoms with Crippen molar-refractivity contribution in [3.63, 3.8) is 0 Å². The normalized spacial score (nSPS) is 20.8. The summed E-state index contributed by atoms with van der Waals surface area (Å²) < 4.78 is 35.2. The highest BCUT2D eigenvalue weighted by Crippen LogP contribution is 2.39. The van der Waals surface area contributed by atoms with Crippen LogP contribution in [-0.2, 0) is 14.8 Å². The maximum atomic E-state index is 13.9. The Morgan fingerprint density at radius 3 is 2.32 bits per heavy atom. The number of sulfonamides is 1. The molecule has 1 amide bonds. The van der Waals surface area contributed by atoms with Crippen LogP contribution >= 0.6 is 11.6 Å². The molecule has 1 aromatic heterocycles. The van der Waals surface area contributed by atoms with Crippen molar-refractivity contribution >= 4 is 33.5 Å². The quantitative estimate of drug-likeness (QED) is 0.427. The van der Waals surface area contributed by atoms with Crippen molar-refractivity contribution < 1.29 is 17.9 Å². The van der Waals surface area contributed by atoms with Gasteiger partial charge in [0.1, 0.15) is 12.4 Å². The molecule has 2 atom stereocenters. The highest BCUT2D eigenvalue weighted by molar-refractivity contribution is 7.89. The summed E-state index contributed by atoms with van der Waals surface area (Å²) in [6.07, 6.45) is 3.47. The molecule has 0 N–H and O–H groups in total. The molecule has 0 spiro atoms. The number of carbonyl (C=O) groups excluding carboxylic acids is 1. The maximum absolute atomic E-state index is 13.9. The molecule has 0 unspecified atom stereocenters. The van der Waals surface area contributed by atoms with Crippen LogP contribution in [0.4, 0.5) is 10.6 Å². The second kappa shape index (κ2) is 11.7. The van der Waals surface area contributed by atoms with E-state index in [0.29, 0.717) is 44.0 Å². The van der Waals surface area contributed by atoms with Crippen molar-refractivity contribution in [1.29, 1.82) is 0 Å². The number of piperazine rings is 1. The highest BCUT2D eigenvalue weighted by Gasteiger charge is 2.41. The van der Waals surface area contributed by atoms with Crippen LogP contribution in [0.2, 0.25) is 5.02 Å². The van der Waals surface area contributed by atoms with Crippen molar-refractivity contribution in [3.8, 4) is 0 Å². The first-order valence-electron chi connectivity index (χ1n) is 12.9. The van der Waals surface area contributed by atoms with Gasteiger partial charge in [0.2, 0.25) is 10.0 Å². The van der Waals surface area contributed by atoms with Gasteiger partial charge in [0.25, 0.3) is 0 Å². The summed E-state index contributed by atoms with van der Waals surface area (Å²) in [4.78, 5) is 21.4. The molecule has 2 saturated heterocycles. The maximum Gasteiger partial charge on any atom is 0.409 e. The van der Waals surface area contributed by atoms with E-state index in [1.165, 1.54) is 12.1 Å². The Bertz CT molecular complexity index is 1320. The predicted octanol–water partition coefficient (Wildman–Crippen LogP) is 4.98. The van der Waals surface area contributed by atoms with E-state index >= 15 is 0 Å². The second-order valence-corrected chi connectivity index (χ2v) is 11.8. The predicted molar refractivity (Wildman–Crippen MR) is 147 cm³/mol. The van der Waals surface area contributed by atoms with Crippen LogP contribution in [0.25, 0.3) is 0 Å². The number of nitrogens with zero attached hydrogens (tertiary/aromatic N) is 4. The van der Waals surface area contributed by atoms with Gasteiger partial charge in [0.05, 0.1) is 17.0 Å². The summed E-state index contributed by atoms with van der Waals surface area (Å²) in [5.74, 6) is 0.887. The van der Waals surface area contributed by atoms with Gasteiger partial charge < -0.3 is 14.5 Å². The molecule has 5 rings (SSSR count). The minimum Gasteiger partial charge on any atom is -0.448 e. The number of hydrogen-bond acceptors (Lipinski definition) is 6. The standard InChI is InChI=1S/C28H31ClN4O4S/c29-23-12-14-25(15-13-23)38(35,36)33-24(9-6-10-26(33)22-7-2-1-3-8-22)21-37-28(34)32-19-17-31(18-20-32)27-11-4-5-16-30-27/h1-5,7-8,11-16,24,26H,6,9-10,17-21H2/t24-,26+/m1/s1. The molecule has 2 aliphatic heterocycles. The van der Waals surface area contributed by atoms with E-state index < -0.39 is 22.2 Å². The van der Waals surface area contributed by atoms with E-state index in [4.69, 9.17) is 16.3 Å². The molecule has 0 aliphatic carbocycles. The average molecular weight is 555 g/mol. The molecule has 2 aliphatic rings. The summed E-state index contributed by atoms with van der Waals surface area (Å²) >= 11 is 6.03. The van der Waals surface area contributed by atoms with E-state index in [9.17, 15) is 13.2 Å². The highest BCUT2D eigenvalue weighted by atomic mass is 35.5. The number of carbonyl (C=O) groups is 1. The van der Waals surface area contributed by atoms with Gasteiger partial charge in [-0.3, -0.25) is 0 Å². The van der Waals surface area contributed by atoms with Crippen LogP contribution in [0.3, 0.4) is 0 Å². The Morgan fingerprint density at radius 1 is 0.921 bits per heavy atom. The summed E-state index contributed by atoms with van der Waals surface area (Å²) in [7, 11) is -3.88. The van der Waals surface area contributed by atoms with Crippen LogP contribution in [0.5, 0.6) is 0 Å². The summed E-state index contributed by atoms with van der Waals surface area (Å²) in [5.41, 5.74) is 0.923. The van der Waals surface area contributed by atoms with Crippen LogP contribution in [0, 0.1) is 0 Å². The number of benzene rings is 2. The number of anilines is 1. The van der Waals surface area contributed by atoms with Gasteiger partial charge in [-0.25, -0.2) is 18.2 Å². The Kier molecular flexibility index (Phi) is 8.16. The molecule has 8 nitrogen and oxygen atoms in total. The number of halogens is 1. The Hall–Kier alpha value is -3.14. The smallest absolute Gasteiger partial charge is 0.409 e. The first-order chi connectivity index (χ1) is 18.4. The molecule has 10 heteroatoms. The molecule has 38 heavy (non-hydrogen) atoms. The number of amides is 1. The molecule has 2 fully saturated rings. The van der Waals surface area contributed by atoms with Crippen molar-refractivity contribution in [2.75, 3.05) is 37.7 Å². The molecule has 2 aromatic carbocycles. The van der Waals surface area contributed by atoms with Crippen molar-refractivity contribution in [2.45, 2.75) is 36.2 Å². The number of piperidine rings is 1. The first-order valence-corrected chi connectivity index (χ1v) is 14.7. The molecule has 3 heterocycles. The summed E-state index contributed by atoms with van der Waals surface area (Å²) in [6, 6.07) is 20.8. The lowest BCUT2D eigenvalue weighted by Gasteiger charge is -2.41. The minimum absolute atomic E-state index is 0.00452. The van der Waals surface area contributed by atoms with Crippen LogP contribution in [0.1, 0.15) is 30.9 Å². The third-order valence-corrected chi connectivity index (χ3v) is 9.39. The van der Waals surface area contributed by atoms with Gasteiger partial charge in [-0.15, -0.1) is 0 Å². The van der Waals surface area contributed by atoms with E-state index in [0.717, 1.165) is 17.8 Å². The summed E-state index contributed by atoms with van der Waals surface area (Å²) in [5, 5.41) is 0.468. The van der Waals surface area contributed by atoms with Gasteiger partial charge in [-0.2, -0.15) is 4.31 Å². The van der Waals surface area contributed by atoms with Crippen LogP contribution in [0.15, 0.2) is 83.9 Å². The fraction of sp³-hybridized carbons (Fsp3) is 0.357. The zero-order valence-electron chi connectivity index (χ0n) is 21.0. The third kappa shape index (κ3) is 5.80. The Labute approximate surface area is 228 Å². The molecular formula is C28H31ClN4O4S. The van der Waals surface area contributed by atoms with Gasteiger partial charge >= 0.3 is 6.09 Å². The van der Waals surface area contributed by atoms with E-state index in [1.54, 1.807) is 27.5 Å². The lowest BCUT2D eigenvalue weighted by Crippen LogP contribution is -2.51. The zero-order valence-corrected chi connectivity index (χ0v) is 22.6.